The predicted molar refractivity (Wildman–Crippen MR) is 446 cm³/mol. The number of hydrogen-bond acceptors (Lipinski definition) is 21. The lowest BCUT2D eigenvalue weighted by atomic mass is 9.88. The van der Waals surface area contributed by atoms with Crippen LogP contribution in [-0.4, -0.2) is 177 Å². The number of nitrogens with two attached hydrogens (primary N) is 4. The first-order valence-electron chi connectivity index (χ1n) is 39.8. The summed E-state index contributed by atoms with van der Waals surface area (Å²) in [7, 11) is 0. The fourth-order valence-corrected chi connectivity index (χ4v) is 15.9. The van der Waals surface area contributed by atoms with E-state index in [1.54, 1.807) is 33.3 Å². The summed E-state index contributed by atoms with van der Waals surface area (Å²) in [6.45, 7) is 11.2. The van der Waals surface area contributed by atoms with Crippen molar-refractivity contribution in [3.8, 4) is 0 Å². The number of nitrogens with one attached hydrogen (secondary N) is 5. The molecule has 4 aromatic carbocycles. The Labute approximate surface area is 694 Å². The van der Waals surface area contributed by atoms with Crippen molar-refractivity contribution < 1.29 is 62.6 Å². The number of aliphatic carboxylic acids is 1. The Hall–Kier alpha value is -14.2. The number of amides is 7. The number of hydrogen-bond donors (Lipinski definition) is 10. The number of H-pyrrole nitrogens is 4. The highest BCUT2D eigenvalue weighted by atomic mass is 16.4. The first-order valence-corrected chi connectivity index (χ1v) is 39.8. The second kappa shape index (κ2) is 39.3. The summed E-state index contributed by atoms with van der Waals surface area (Å²) in [6.07, 6.45) is 25.3. The van der Waals surface area contributed by atoms with Crippen molar-refractivity contribution in [2.75, 3.05) is 26.2 Å². The number of carbonyl (C=O) groups is 12. The molecule has 8 aromatic heterocycles. The molecule has 4 aliphatic heterocycles. The summed E-state index contributed by atoms with van der Waals surface area (Å²) in [4.78, 5) is 164. The van der Waals surface area contributed by atoms with Gasteiger partial charge < -0.3 is 48.1 Å². The van der Waals surface area contributed by atoms with Crippen molar-refractivity contribution in [3.05, 3.63) is 238 Å². The lowest BCUT2D eigenvalue weighted by Gasteiger charge is -2.39. The van der Waals surface area contributed by atoms with Gasteiger partial charge in [0.2, 0.25) is 46.8 Å². The second-order valence-electron chi connectivity index (χ2n) is 31.3. The van der Waals surface area contributed by atoms with Crippen molar-refractivity contribution in [1.82, 2.24) is 80.7 Å². The minimum Gasteiger partial charge on any atom is -0.475 e. The SMILES string of the molecule is C[C@@H]1CC[C@@H](c2cccc3[nH]ncc23)N(C(=O)C(=O)Cc2cncc(C(N)=O)c2)C1.C[C@@H]1CC[C@@H](c2cccc3[nH]ncc23)N(C(=O)C(=O)Cc2cncc(C(N)=O)c2)C1.C[C@@H]1CC[C@@H](c2cccc3[nH]ncc23)NC1.C[C@H]1CC[C@H](c2cccc3[nH]ncc23)N(C(=O)C(=O)Cc2cncc(C(N)=O)c2)C1.NC(=O)c1cncc(CC(=O)C(=O)O)c1. The van der Waals surface area contributed by atoms with Gasteiger partial charge in [0.15, 0.2) is 0 Å². The van der Waals surface area contributed by atoms with E-state index in [4.69, 9.17) is 28.0 Å². The molecule has 624 valence electrons. The van der Waals surface area contributed by atoms with E-state index < -0.39 is 70.5 Å². The number of aromatic nitrogens is 12. The molecule has 16 rings (SSSR count). The average Bonchev–Trinajstić information content (AvgIpc) is 1.77. The number of ketones is 4. The molecule has 4 saturated heterocycles. The topological polar surface area (TPSA) is 517 Å². The summed E-state index contributed by atoms with van der Waals surface area (Å²) in [5.74, 6) is -6.44. The first-order chi connectivity index (χ1) is 58.2. The number of fused-ring (bicyclic) bond motifs is 4. The third kappa shape index (κ3) is 21.4. The van der Waals surface area contributed by atoms with Gasteiger partial charge in [-0.3, -0.25) is 93.1 Å². The van der Waals surface area contributed by atoms with E-state index in [9.17, 15) is 57.5 Å². The van der Waals surface area contributed by atoms with Crippen LogP contribution in [0.1, 0.15) is 189 Å². The third-order valence-electron chi connectivity index (χ3n) is 22.2. The molecule has 33 heteroatoms. The van der Waals surface area contributed by atoms with Crippen molar-refractivity contribution in [2.24, 2.45) is 46.6 Å². The van der Waals surface area contributed by atoms with E-state index in [0.29, 0.717) is 65.7 Å². The summed E-state index contributed by atoms with van der Waals surface area (Å²) < 4.78 is 0. The molecule has 7 amide bonds. The Morgan fingerprint density at radius 3 is 0.893 bits per heavy atom. The maximum atomic E-state index is 13.2. The Kier molecular flexibility index (Phi) is 28.0. The summed E-state index contributed by atoms with van der Waals surface area (Å²) >= 11 is 0. The van der Waals surface area contributed by atoms with Crippen molar-refractivity contribution in [3.63, 3.8) is 0 Å². The first kappa shape index (κ1) is 86.1. The van der Waals surface area contributed by atoms with Crippen LogP contribution in [0.3, 0.4) is 0 Å². The molecule has 4 aliphatic rings. The second-order valence-corrected chi connectivity index (χ2v) is 31.3. The number of likely N-dealkylation sites (tertiary alicyclic amines) is 3. The quantitative estimate of drug-likeness (QED) is 0.0319. The molecule has 8 atom stereocenters. The highest BCUT2D eigenvalue weighted by molar-refractivity contribution is 6.38. The fourth-order valence-electron chi connectivity index (χ4n) is 15.9. The van der Waals surface area contributed by atoms with Crippen LogP contribution in [0.25, 0.3) is 43.6 Å². The zero-order valence-corrected chi connectivity index (χ0v) is 67.2. The highest BCUT2D eigenvalue weighted by Crippen LogP contribution is 2.41. The lowest BCUT2D eigenvalue weighted by Crippen LogP contribution is -2.45. The number of aromatic amines is 4. The van der Waals surface area contributed by atoms with E-state index in [1.165, 1.54) is 97.6 Å². The molecular formula is C88H94N20O13. The standard InChI is InChI=1S/3C22H23N5O3.C13H17N3.C9H8N2O4/c3*1-13-5-6-19(16-3-2-4-18-17(16)11-25-26-18)27(12-13)22(30)20(28)8-14-7-15(21(23)29)10-24-9-14;1-9-5-6-12(14-7-9)10-3-2-4-13-11(10)8-15-16-13;10-8(13)6-1-5(3-11-4-6)2-7(12)9(14)15/h3*2-4,7,9-11,13,19H,5-6,8,12H2,1H3,(H2,23,29)(H,25,26);2-4,8-9,12,14H,5-7H2,1H3,(H,15,16);1,3-4H,2H2,(H2,10,13)(H,14,15)/t3*13-,19+;9-,12+;/m1101./s1. The molecule has 0 saturated carbocycles. The van der Waals surface area contributed by atoms with Crippen LogP contribution in [0, 0.1) is 23.7 Å². The number of pyridine rings is 4. The molecule has 121 heavy (non-hydrogen) atoms. The third-order valence-corrected chi connectivity index (χ3v) is 22.2. The largest absolute Gasteiger partial charge is 0.475 e. The Morgan fingerprint density at radius 2 is 0.620 bits per heavy atom. The molecule has 4 fully saturated rings. The van der Waals surface area contributed by atoms with Gasteiger partial charge in [-0.15, -0.1) is 0 Å². The molecule has 0 aliphatic carbocycles. The predicted octanol–water partition coefficient (Wildman–Crippen LogP) is 8.50. The van der Waals surface area contributed by atoms with Crippen LogP contribution >= 0.6 is 0 Å². The zero-order valence-electron chi connectivity index (χ0n) is 67.2. The normalized spacial score (nSPS) is 18.8. The van der Waals surface area contributed by atoms with Gasteiger partial charge in [0.05, 0.1) is 87.2 Å². The van der Waals surface area contributed by atoms with Gasteiger partial charge in [0.25, 0.3) is 17.7 Å². The molecule has 12 heterocycles. The Morgan fingerprint density at radius 1 is 0.347 bits per heavy atom. The maximum Gasteiger partial charge on any atom is 0.372 e. The number of carbonyl (C=O) groups excluding carboxylic acids is 11. The van der Waals surface area contributed by atoms with E-state index >= 15 is 0 Å². The van der Waals surface area contributed by atoms with Gasteiger partial charge >= 0.3 is 5.97 Å². The molecule has 0 radical (unpaired) electrons. The minimum absolute atomic E-state index is 0.125. The van der Waals surface area contributed by atoms with Gasteiger partial charge in [0.1, 0.15) is 0 Å². The van der Waals surface area contributed by atoms with Crippen molar-refractivity contribution in [1.29, 1.82) is 0 Å². The molecular weight excluding hydrogens is 1550 g/mol. The smallest absolute Gasteiger partial charge is 0.372 e. The summed E-state index contributed by atoms with van der Waals surface area (Å²) in [6, 6.07) is 29.8. The monoisotopic (exact) mass is 1640 g/mol. The number of primary amides is 4. The Bertz CT molecular complexity index is 5440. The number of benzene rings is 4. The molecule has 0 bridgehead atoms. The molecule has 33 nitrogen and oxygen atoms in total. The fraction of sp³-hybridized carbons (Fsp3) is 0.318. The zero-order chi connectivity index (χ0) is 86.1. The summed E-state index contributed by atoms with van der Waals surface area (Å²) in [5.41, 5.74) is 31.6. The van der Waals surface area contributed by atoms with Crippen LogP contribution in [0.5, 0.6) is 0 Å². The number of carboxylic acid groups (broad SMARTS) is 1. The van der Waals surface area contributed by atoms with Gasteiger partial charge in [-0.1, -0.05) is 76.2 Å². The lowest BCUT2D eigenvalue weighted by molar-refractivity contribution is -0.148. The van der Waals surface area contributed by atoms with Crippen molar-refractivity contribution >= 4 is 114 Å². The van der Waals surface area contributed by atoms with Crippen LogP contribution < -0.4 is 28.3 Å². The van der Waals surface area contributed by atoms with Crippen LogP contribution in [-0.2, 0) is 64.0 Å². The number of nitrogens with zero attached hydrogens (tertiary/aromatic N) is 11. The number of rotatable bonds is 20. The number of Topliss-reactive ketones (excluding diaryl/α,β-unsaturated/α-hetero) is 4. The van der Waals surface area contributed by atoms with Gasteiger partial charge in [-0.2, -0.15) is 20.4 Å². The molecule has 0 unspecified atom stereocenters. The van der Waals surface area contributed by atoms with Crippen LogP contribution in [0.4, 0.5) is 0 Å². The van der Waals surface area contributed by atoms with Crippen molar-refractivity contribution in [2.45, 2.75) is 129 Å². The van der Waals surface area contributed by atoms with E-state index in [1.807, 2.05) is 60.8 Å². The summed E-state index contributed by atoms with van der Waals surface area (Å²) in [5, 5.41) is 44.5. The average molecular weight is 1640 g/mol. The number of piperidine rings is 4. The van der Waals surface area contributed by atoms with Gasteiger partial charge in [-0.05, 0) is 175 Å². The van der Waals surface area contributed by atoms with Gasteiger partial charge in [0, 0.05) is 122 Å². The molecule has 0 spiro atoms. The molecule has 12 aromatic rings. The Balaban J connectivity index is 0.000000142. The minimum atomic E-state index is -1.51. The van der Waals surface area contributed by atoms with Crippen LogP contribution in [0.15, 0.2) is 171 Å². The maximum absolute atomic E-state index is 13.2. The number of carboxylic acids is 1. The van der Waals surface area contributed by atoms with E-state index in [2.05, 4.69) is 112 Å². The molecule has 14 N–H and O–H groups in total. The van der Waals surface area contributed by atoms with Crippen LogP contribution in [0.2, 0.25) is 0 Å². The van der Waals surface area contributed by atoms with Gasteiger partial charge in [-0.25, -0.2) is 4.79 Å². The van der Waals surface area contributed by atoms with E-state index in [-0.39, 0.29) is 66.1 Å². The highest BCUT2D eigenvalue weighted by Gasteiger charge is 2.39. The van der Waals surface area contributed by atoms with E-state index in [0.717, 1.165) is 106 Å².